The number of aliphatic hydroxyl groups is 1. The molecule has 0 aliphatic heterocycles. The van der Waals surface area contributed by atoms with Crippen LogP contribution in [0.2, 0.25) is 0 Å². The Labute approximate surface area is 146 Å². The van der Waals surface area contributed by atoms with Gasteiger partial charge in [0.25, 0.3) is 0 Å². The summed E-state index contributed by atoms with van der Waals surface area (Å²) in [7, 11) is 0. The summed E-state index contributed by atoms with van der Waals surface area (Å²) in [5.74, 6) is 0. The van der Waals surface area contributed by atoms with E-state index in [-0.39, 0.29) is 12.8 Å². The molecule has 0 aliphatic carbocycles. The molecule has 0 amide bonds. The molecule has 0 aromatic heterocycles. The summed E-state index contributed by atoms with van der Waals surface area (Å²) in [6.45, 7) is 1.01. The van der Waals surface area contributed by atoms with E-state index in [0.717, 1.165) is 24.1 Å². The zero-order valence-electron chi connectivity index (χ0n) is 14.3. The van der Waals surface area contributed by atoms with E-state index in [4.69, 9.17) is 0 Å². The quantitative estimate of drug-likeness (QED) is 0.656. The van der Waals surface area contributed by atoms with E-state index in [1.165, 1.54) is 0 Å². The molecule has 1 nitrogen and oxygen atoms in total. The van der Waals surface area contributed by atoms with Crippen molar-refractivity contribution < 1.29 is 18.3 Å². The lowest BCUT2D eigenvalue weighted by Crippen LogP contribution is -2.29. The monoisotopic (exact) mass is 348 g/mol. The van der Waals surface area contributed by atoms with E-state index in [1.807, 2.05) is 60.7 Å². The van der Waals surface area contributed by atoms with Crippen LogP contribution in [0.5, 0.6) is 0 Å². The first-order valence-corrected chi connectivity index (χ1v) is 8.35. The molecule has 0 saturated heterocycles. The number of benzene rings is 2. The first-order valence-electron chi connectivity index (χ1n) is 8.35. The van der Waals surface area contributed by atoms with Crippen molar-refractivity contribution in [2.75, 3.05) is 0 Å². The normalized spacial score (nSPS) is 13.1. The van der Waals surface area contributed by atoms with Crippen molar-refractivity contribution in [2.45, 2.75) is 44.4 Å². The van der Waals surface area contributed by atoms with Crippen LogP contribution >= 0.6 is 0 Å². The van der Waals surface area contributed by atoms with Crippen molar-refractivity contribution in [3.05, 3.63) is 83.4 Å². The second-order valence-electron chi connectivity index (χ2n) is 6.40. The highest BCUT2D eigenvalue weighted by atomic mass is 19.4. The number of hydrogen-bond acceptors (Lipinski definition) is 1. The molecular formula is C21H23F3O. The van der Waals surface area contributed by atoms with Crippen molar-refractivity contribution in [3.63, 3.8) is 0 Å². The summed E-state index contributed by atoms with van der Waals surface area (Å²) in [4.78, 5) is 0. The van der Waals surface area contributed by atoms with E-state index >= 15 is 0 Å². The Morgan fingerprint density at radius 3 is 1.60 bits per heavy atom. The van der Waals surface area contributed by atoms with Crippen LogP contribution < -0.4 is 0 Å². The molecule has 0 atom stereocenters. The number of hydrogen-bond donors (Lipinski definition) is 1. The molecule has 0 unspecified atom stereocenters. The summed E-state index contributed by atoms with van der Waals surface area (Å²) in [6.07, 6.45) is -1.90. The minimum atomic E-state index is -4.42. The van der Waals surface area contributed by atoms with Gasteiger partial charge < -0.3 is 5.11 Å². The van der Waals surface area contributed by atoms with Crippen molar-refractivity contribution in [2.24, 2.45) is 0 Å². The Hall–Kier alpha value is -2.07. The Bertz CT molecular complexity index is 632. The molecule has 25 heavy (non-hydrogen) atoms. The number of allylic oxidation sites excluding steroid dienone is 1. The van der Waals surface area contributed by atoms with Gasteiger partial charge in [0.1, 0.15) is 0 Å². The largest absolute Gasteiger partial charge is 0.412 e. The molecule has 2 aromatic carbocycles. The molecule has 0 radical (unpaired) electrons. The SMILES string of the molecule is C/C(=C\C(O)(CCc1ccccc1)CCc1ccccc1)C(F)(F)F. The standard InChI is InChI=1S/C21H23F3O/c1-17(21(22,23)24)16-20(25,14-12-18-8-4-2-5-9-18)15-13-19-10-6-3-7-11-19/h2-11,16,25H,12-15H2,1H3/b17-16+. The van der Waals surface area contributed by atoms with Crippen LogP contribution in [0, 0.1) is 0 Å². The maximum atomic E-state index is 12.9. The van der Waals surface area contributed by atoms with Crippen LogP contribution in [0.3, 0.4) is 0 Å². The maximum Gasteiger partial charge on any atom is 0.412 e. The highest BCUT2D eigenvalue weighted by molar-refractivity contribution is 5.20. The highest BCUT2D eigenvalue weighted by Crippen LogP contribution is 2.31. The van der Waals surface area contributed by atoms with Gasteiger partial charge in [-0.25, -0.2) is 0 Å². The Morgan fingerprint density at radius 1 is 0.840 bits per heavy atom. The lowest BCUT2D eigenvalue weighted by molar-refractivity contribution is -0.0934. The second kappa shape index (κ2) is 8.34. The van der Waals surface area contributed by atoms with Gasteiger partial charge in [0.15, 0.2) is 0 Å². The van der Waals surface area contributed by atoms with Crippen LogP contribution in [0.25, 0.3) is 0 Å². The van der Waals surface area contributed by atoms with Gasteiger partial charge in [-0.05, 0) is 49.8 Å². The summed E-state index contributed by atoms with van der Waals surface area (Å²) in [5.41, 5.74) is -0.251. The molecule has 0 spiro atoms. The predicted octanol–water partition coefficient (Wildman–Crippen LogP) is 5.49. The van der Waals surface area contributed by atoms with Gasteiger partial charge in [0.2, 0.25) is 0 Å². The fourth-order valence-electron chi connectivity index (χ4n) is 2.77. The van der Waals surface area contributed by atoms with Gasteiger partial charge in [0.05, 0.1) is 5.60 Å². The van der Waals surface area contributed by atoms with E-state index in [0.29, 0.717) is 12.8 Å². The lowest BCUT2D eigenvalue weighted by atomic mass is 9.87. The van der Waals surface area contributed by atoms with Crippen LogP contribution in [0.1, 0.15) is 30.9 Å². The Kier molecular flexibility index (Phi) is 6.43. The smallest absolute Gasteiger partial charge is 0.386 e. The van der Waals surface area contributed by atoms with Gasteiger partial charge in [-0.1, -0.05) is 60.7 Å². The summed E-state index contributed by atoms with van der Waals surface area (Å²) >= 11 is 0. The number of alkyl halides is 3. The maximum absolute atomic E-state index is 12.9. The third kappa shape index (κ3) is 6.39. The van der Waals surface area contributed by atoms with Gasteiger partial charge >= 0.3 is 6.18 Å². The molecule has 1 N–H and O–H groups in total. The first kappa shape index (κ1) is 19.3. The van der Waals surface area contributed by atoms with E-state index < -0.39 is 17.4 Å². The zero-order valence-corrected chi connectivity index (χ0v) is 14.3. The lowest BCUT2D eigenvalue weighted by Gasteiger charge is -2.26. The minimum Gasteiger partial charge on any atom is -0.386 e. The molecule has 2 aromatic rings. The van der Waals surface area contributed by atoms with Crippen molar-refractivity contribution in [1.82, 2.24) is 0 Å². The van der Waals surface area contributed by atoms with Crippen LogP contribution in [-0.2, 0) is 12.8 Å². The minimum absolute atomic E-state index is 0.247. The molecule has 2 rings (SSSR count). The van der Waals surface area contributed by atoms with Gasteiger partial charge in [0, 0.05) is 5.57 Å². The molecule has 0 fully saturated rings. The second-order valence-corrected chi connectivity index (χ2v) is 6.40. The van der Waals surface area contributed by atoms with E-state index in [1.54, 1.807) is 0 Å². The van der Waals surface area contributed by atoms with Gasteiger partial charge in [-0.15, -0.1) is 0 Å². The Balaban J connectivity index is 2.14. The fraction of sp³-hybridized carbons (Fsp3) is 0.333. The molecule has 0 saturated carbocycles. The summed E-state index contributed by atoms with van der Waals surface area (Å²) in [6, 6.07) is 19.0. The molecule has 0 bridgehead atoms. The van der Waals surface area contributed by atoms with Crippen molar-refractivity contribution in [3.8, 4) is 0 Å². The average molecular weight is 348 g/mol. The van der Waals surface area contributed by atoms with Crippen LogP contribution in [-0.4, -0.2) is 16.9 Å². The van der Waals surface area contributed by atoms with Gasteiger partial charge in [-0.3, -0.25) is 0 Å². The third-order valence-electron chi connectivity index (χ3n) is 4.31. The molecule has 0 heterocycles. The van der Waals surface area contributed by atoms with Crippen LogP contribution in [0.4, 0.5) is 13.2 Å². The van der Waals surface area contributed by atoms with E-state index in [2.05, 4.69) is 0 Å². The number of halogens is 3. The highest BCUT2D eigenvalue weighted by Gasteiger charge is 2.34. The van der Waals surface area contributed by atoms with Crippen molar-refractivity contribution >= 4 is 0 Å². The topological polar surface area (TPSA) is 20.2 Å². The number of rotatable bonds is 7. The molecule has 0 aliphatic rings. The van der Waals surface area contributed by atoms with Crippen LogP contribution in [0.15, 0.2) is 72.3 Å². The third-order valence-corrected chi connectivity index (χ3v) is 4.31. The van der Waals surface area contributed by atoms with E-state index in [9.17, 15) is 18.3 Å². The van der Waals surface area contributed by atoms with Crippen molar-refractivity contribution in [1.29, 1.82) is 0 Å². The summed E-state index contributed by atoms with van der Waals surface area (Å²) < 4.78 is 38.8. The fourth-order valence-corrected chi connectivity index (χ4v) is 2.77. The average Bonchev–Trinajstić information content (AvgIpc) is 2.59. The number of aryl methyl sites for hydroxylation is 2. The molecule has 4 heteroatoms. The first-order chi connectivity index (χ1) is 11.8. The van der Waals surface area contributed by atoms with Gasteiger partial charge in [-0.2, -0.15) is 13.2 Å². The molecular weight excluding hydrogens is 325 g/mol. The summed E-state index contributed by atoms with van der Waals surface area (Å²) in [5, 5.41) is 10.9. The zero-order chi connectivity index (χ0) is 18.3. The molecule has 134 valence electrons. The Morgan fingerprint density at radius 2 is 1.24 bits per heavy atom. The predicted molar refractivity (Wildman–Crippen MR) is 94.3 cm³/mol.